The maximum atomic E-state index is 12.4. The topological polar surface area (TPSA) is 63.6 Å². The van der Waals surface area contributed by atoms with E-state index in [2.05, 4.69) is 13.8 Å². The van der Waals surface area contributed by atoms with Crippen LogP contribution in [0, 0.1) is 0 Å². The smallest absolute Gasteiger partial charge is 0.329 e. The van der Waals surface area contributed by atoms with Crippen molar-refractivity contribution in [3.8, 4) is 0 Å². The first-order chi connectivity index (χ1) is 7.54. The van der Waals surface area contributed by atoms with Gasteiger partial charge in [0.05, 0.1) is 0 Å². The second kappa shape index (κ2) is 8.77. The number of carboxylic acid groups (broad SMARTS) is 1. The van der Waals surface area contributed by atoms with Crippen LogP contribution in [0.5, 0.6) is 0 Å². The molecule has 0 atom stereocenters. The molecule has 4 nitrogen and oxygen atoms in total. The minimum Gasteiger partial charge on any atom is -0.480 e. The van der Waals surface area contributed by atoms with Crippen molar-refractivity contribution in [1.29, 1.82) is 0 Å². The summed E-state index contributed by atoms with van der Waals surface area (Å²) in [6.07, 6.45) is 5.37. The molecule has 0 aliphatic rings. The van der Waals surface area contributed by atoms with Gasteiger partial charge >= 0.3 is 5.97 Å². The average Bonchev–Trinajstić information content (AvgIpc) is 2.23. The van der Waals surface area contributed by atoms with E-state index in [1.165, 1.54) is 0 Å². The van der Waals surface area contributed by atoms with Crippen molar-refractivity contribution in [2.75, 3.05) is 25.3 Å². The third-order valence-electron chi connectivity index (χ3n) is 2.39. The fourth-order valence-electron chi connectivity index (χ4n) is 1.43. The number of ether oxygens (including phenoxy) is 1. The van der Waals surface area contributed by atoms with E-state index in [4.69, 9.17) is 9.84 Å². The van der Waals surface area contributed by atoms with Crippen molar-refractivity contribution in [1.82, 2.24) is 0 Å². The van der Waals surface area contributed by atoms with E-state index in [1.54, 1.807) is 0 Å². The van der Waals surface area contributed by atoms with Gasteiger partial charge in [0.1, 0.15) is 20.1 Å². The minimum absolute atomic E-state index is 0.124. The number of unbranched alkanes of at least 4 members (excludes halogenated alkanes) is 2. The second-order valence-corrected chi connectivity index (χ2v) is 7.35. The molecule has 0 bridgehead atoms. The van der Waals surface area contributed by atoms with Crippen molar-refractivity contribution < 1.29 is 19.2 Å². The van der Waals surface area contributed by atoms with E-state index in [0.29, 0.717) is 12.3 Å². The summed E-state index contributed by atoms with van der Waals surface area (Å²) in [4.78, 5) is 10.3. The maximum Gasteiger partial charge on any atom is 0.329 e. The van der Waals surface area contributed by atoms with Gasteiger partial charge in [0, 0.05) is 12.3 Å². The van der Waals surface area contributed by atoms with Crippen LogP contribution < -0.4 is 0 Å². The highest BCUT2D eigenvalue weighted by Crippen LogP contribution is 2.47. The summed E-state index contributed by atoms with van der Waals surface area (Å²) in [6, 6.07) is 0. The van der Waals surface area contributed by atoms with Crippen molar-refractivity contribution in [3.05, 3.63) is 0 Å². The summed E-state index contributed by atoms with van der Waals surface area (Å²) < 4.78 is 17.4. The van der Waals surface area contributed by atoms with E-state index in [1.807, 2.05) is 0 Å². The molecule has 0 saturated carbocycles. The molecule has 0 radical (unpaired) electrons. The Morgan fingerprint density at radius 3 is 2.06 bits per heavy atom. The first kappa shape index (κ1) is 15.7. The third-order valence-corrected chi connectivity index (χ3v) is 5.31. The van der Waals surface area contributed by atoms with Gasteiger partial charge < -0.3 is 14.4 Å². The lowest BCUT2D eigenvalue weighted by Crippen LogP contribution is -2.10. The van der Waals surface area contributed by atoms with Crippen LogP contribution in [-0.4, -0.2) is 36.4 Å². The summed E-state index contributed by atoms with van der Waals surface area (Å²) >= 11 is 0. The Balaban J connectivity index is 4.07. The summed E-state index contributed by atoms with van der Waals surface area (Å²) in [7, 11) is -2.29. The lowest BCUT2D eigenvalue weighted by Gasteiger charge is -2.17. The monoisotopic (exact) mass is 250 g/mol. The fraction of sp³-hybridized carbons (Fsp3) is 0.909. The zero-order valence-electron chi connectivity index (χ0n) is 10.3. The number of carbonyl (C=O) groups is 1. The van der Waals surface area contributed by atoms with Crippen molar-refractivity contribution in [2.24, 2.45) is 0 Å². The maximum absolute atomic E-state index is 12.4. The molecule has 0 aromatic carbocycles. The molecule has 0 fully saturated rings. The van der Waals surface area contributed by atoms with Crippen LogP contribution in [0.15, 0.2) is 0 Å². The summed E-state index contributed by atoms with van der Waals surface area (Å²) in [6.45, 7) is 3.77. The van der Waals surface area contributed by atoms with Gasteiger partial charge in [-0.3, -0.25) is 0 Å². The number of hydrogen-bond donors (Lipinski definition) is 1. The van der Waals surface area contributed by atoms with Crippen molar-refractivity contribution in [3.63, 3.8) is 0 Å². The van der Waals surface area contributed by atoms with E-state index in [-0.39, 0.29) is 13.0 Å². The van der Waals surface area contributed by atoms with Gasteiger partial charge in [0.2, 0.25) is 0 Å². The van der Waals surface area contributed by atoms with Crippen LogP contribution in [0.2, 0.25) is 0 Å². The Bertz CT molecular complexity index is 228. The lowest BCUT2D eigenvalue weighted by atomic mass is 10.4. The normalized spacial score (nSPS) is 11.6. The van der Waals surface area contributed by atoms with Crippen LogP contribution >= 0.6 is 7.14 Å². The Kier molecular flexibility index (Phi) is 8.58. The van der Waals surface area contributed by atoms with Crippen molar-refractivity contribution in [2.45, 2.75) is 39.5 Å². The Morgan fingerprint density at radius 1 is 1.19 bits per heavy atom. The molecule has 1 N–H and O–H groups in total. The molecule has 0 aliphatic heterocycles. The lowest BCUT2D eigenvalue weighted by molar-refractivity contribution is -0.141. The summed E-state index contributed by atoms with van der Waals surface area (Å²) in [5.41, 5.74) is 0. The fourth-order valence-corrected chi connectivity index (χ4v) is 4.12. The molecular formula is C11H23O4P. The first-order valence-electron chi connectivity index (χ1n) is 5.90. The van der Waals surface area contributed by atoms with Crippen LogP contribution in [0.4, 0.5) is 0 Å². The zero-order chi connectivity index (χ0) is 12.4. The molecule has 0 aliphatic carbocycles. The Morgan fingerprint density at radius 2 is 1.69 bits per heavy atom. The number of rotatable bonds is 10. The predicted molar refractivity (Wildman–Crippen MR) is 65.6 cm³/mol. The average molecular weight is 250 g/mol. The van der Waals surface area contributed by atoms with Gasteiger partial charge in [0.15, 0.2) is 0 Å². The van der Waals surface area contributed by atoms with Gasteiger partial charge in [-0.05, 0) is 12.8 Å². The molecule has 0 aromatic heterocycles. The molecule has 0 amide bonds. The number of carboxylic acids is 1. The molecular weight excluding hydrogens is 227 g/mol. The van der Waals surface area contributed by atoms with E-state index in [9.17, 15) is 9.36 Å². The predicted octanol–water partition coefficient (Wildman–Crippen LogP) is 3.01. The molecule has 16 heavy (non-hydrogen) atoms. The zero-order valence-corrected chi connectivity index (χ0v) is 11.2. The van der Waals surface area contributed by atoms with Gasteiger partial charge in [-0.25, -0.2) is 4.79 Å². The Hall–Kier alpha value is -0.340. The third kappa shape index (κ3) is 7.89. The molecule has 0 rings (SSSR count). The molecule has 0 unspecified atom stereocenters. The Labute approximate surface area is 97.7 Å². The highest BCUT2D eigenvalue weighted by Gasteiger charge is 2.21. The number of hydrogen-bond acceptors (Lipinski definition) is 3. The van der Waals surface area contributed by atoms with Crippen molar-refractivity contribution >= 4 is 13.1 Å². The standard InChI is InChI=1S/C11H23O4P/c1-3-5-7-16(14,8-6-4-2)10-15-9-11(12)13/h3-10H2,1-2H3,(H,12,13). The van der Waals surface area contributed by atoms with E-state index in [0.717, 1.165) is 25.7 Å². The summed E-state index contributed by atoms with van der Waals surface area (Å²) in [5.74, 6) is -1.00. The van der Waals surface area contributed by atoms with Crippen LogP contribution in [-0.2, 0) is 14.1 Å². The minimum atomic E-state index is -2.29. The van der Waals surface area contributed by atoms with E-state index < -0.39 is 13.1 Å². The van der Waals surface area contributed by atoms with Gasteiger partial charge in [-0.15, -0.1) is 0 Å². The molecule has 0 heterocycles. The first-order valence-corrected chi connectivity index (χ1v) is 8.17. The van der Waals surface area contributed by atoms with E-state index >= 15 is 0 Å². The van der Waals surface area contributed by atoms with Crippen LogP contribution in [0.3, 0.4) is 0 Å². The molecule has 0 spiro atoms. The summed E-state index contributed by atoms with van der Waals surface area (Å²) in [5, 5.41) is 8.45. The molecule has 0 aromatic rings. The van der Waals surface area contributed by atoms with Gasteiger partial charge in [-0.1, -0.05) is 26.7 Å². The number of aliphatic carboxylic acids is 1. The van der Waals surface area contributed by atoms with Crippen LogP contribution in [0.25, 0.3) is 0 Å². The highest BCUT2D eigenvalue weighted by molar-refractivity contribution is 7.63. The molecule has 5 heteroatoms. The molecule has 0 saturated heterocycles. The highest BCUT2D eigenvalue weighted by atomic mass is 31.2. The van der Waals surface area contributed by atoms with Gasteiger partial charge in [-0.2, -0.15) is 0 Å². The van der Waals surface area contributed by atoms with Crippen LogP contribution in [0.1, 0.15) is 39.5 Å². The SMILES string of the molecule is CCCCP(=O)(CCCC)COCC(=O)O. The largest absolute Gasteiger partial charge is 0.480 e. The quantitative estimate of drug-likeness (QED) is 0.605. The molecule has 96 valence electrons. The van der Waals surface area contributed by atoms with Gasteiger partial charge in [0.25, 0.3) is 0 Å². The second-order valence-electron chi connectivity index (χ2n) is 4.08.